The molecule has 1 N–H and O–H groups in total. The first-order valence-corrected chi connectivity index (χ1v) is 13.6. The Balaban J connectivity index is 1.10. The van der Waals surface area contributed by atoms with Gasteiger partial charge >= 0.3 is 0 Å². The number of carbonyl (C=O) groups is 1. The van der Waals surface area contributed by atoms with Crippen LogP contribution in [0.2, 0.25) is 0 Å². The van der Waals surface area contributed by atoms with Crippen molar-refractivity contribution in [3.8, 4) is 11.3 Å². The molecule has 0 radical (unpaired) electrons. The summed E-state index contributed by atoms with van der Waals surface area (Å²) >= 11 is 0. The molecule has 0 unspecified atom stereocenters. The number of piperazine rings is 1. The Morgan fingerprint density at radius 3 is 2.58 bits per heavy atom. The van der Waals surface area contributed by atoms with Gasteiger partial charge in [-0.3, -0.25) is 18.8 Å². The summed E-state index contributed by atoms with van der Waals surface area (Å²) in [5.41, 5.74) is 2.37. The van der Waals surface area contributed by atoms with Crippen molar-refractivity contribution < 1.29 is 13.6 Å². The summed E-state index contributed by atoms with van der Waals surface area (Å²) in [5.74, 6) is -0.518. The standard InChI is InChI=1S/C28H33F2N9O/c1-19-13-22(24(30)14-23(19)29)25-16-32-27(28-31-5-8-38(25)28)34-20-15-33-39(17-20)21-3-6-36(7-4-21)18-26(40)37-11-9-35(2)10-12-37/h5,8,13-17,21H,3-4,6-7,9-12,18H2,1-2H3,(H,32,34). The summed E-state index contributed by atoms with van der Waals surface area (Å²) in [7, 11) is 2.09. The van der Waals surface area contributed by atoms with E-state index in [4.69, 9.17) is 0 Å². The number of hydrogen-bond acceptors (Lipinski definition) is 7. The van der Waals surface area contributed by atoms with E-state index in [-0.39, 0.29) is 17.5 Å². The number of amides is 1. The lowest BCUT2D eigenvalue weighted by Crippen LogP contribution is -2.50. The number of nitrogens with zero attached hydrogens (tertiary/aromatic N) is 8. The predicted octanol–water partition coefficient (Wildman–Crippen LogP) is 3.33. The second-order valence-electron chi connectivity index (χ2n) is 10.7. The maximum atomic E-state index is 14.6. The topological polar surface area (TPSA) is 86.8 Å². The highest BCUT2D eigenvalue weighted by Gasteiger charge is 2.26. The van der Waals surface area contributed by atoms with Crippen LogP contribution in [0.1, 0.15) is 24.4 Å². The maximum Gasteiger partial charge on any atom is 0.236 e. The molecule has 1 aromatic carbocycles. The van der Waals surface area contributed by atoms with Crippen LogP contribution in [0.4, 0.5) is 20.3 Å². The van der Waals surface area contributed by atoms with Gasteiger partial charge in [0.25, 0.3) is 0 Å². The molecule has 2 aliphatic rings. The number of aryl methyl sites for hydroxylation is 1. The Labute approximate surface area is 231 Å². The van der Waals surface area contributed by atoms with Gasteiger partial charge in [-0.2, -0.15) is 5.10 Å². The molecule has 4 aromatic rings. The number of anilines is 2. The summed E-state index contributed by atoms with van der Waals surface area (Å²) in [5, 5.41) is 7.87. The molecule has 210 valence electrons. The van der Waals surface area contributed by atoms with E-state index in [9.17, 15) is 13.6 Å². The lowest BCUT2D eigenvalue weighted by molar-refractivity contribution is -0.134. The first-order valence-electron chi connectivity index (χ1n) is 13.6. The zero-order chi connectivity index (χ0) is 27.8. The Morgan fingerprint density at radius 1 is 1.02 bits per heavy atom. The third-order valence-corrected chi connectivity index (χ3v) is 7.96. The quantitative estimate of drug-likeness (QED) is 0.395. The number of aromatic nitrogens is 5. The number of rotatable bonds is 6. The first-order chi connectivity index (χ1) is 19.4. The molecule has 5 heterocycles. The molecule has 2 saturated heterocycles. The number of imidazole rings is 1. The van der Waals surface area contributed by atoms with Crippen molar-refractivity contribution in [2.75, 3.05) is 58.2 Å². The van der Waals surface area contributed by atoms with Crippen LogP contribution in [0.3, 0.4) is 0 Å². The fourth-order valence-electron chi connectivity index (χ4n) is 5.49. The van der Waals surface area contributed by atoms with Gasteiger partial charge in [0.05, 0.1) is 36.4 Å². The highest BCUT2D eigenvalue weighted by molar-refractivity contribution is 5.78. The molecule has 0 spiro atoms. The number of carbonyl (C=O) groups excluding carboxylic acids is 1. The molecule has 12 heteroatoms. The molecular formula is C28H33F2N9O. The molecule has 10 nitrogen and oxygen atoms in total. The van der Waals surface area contributed by atoms with Gasteiger partial charge in [-0.05, 0) is 38.4 Å². The Hall–Kier alpha value is -3.90. The molecule has 40 heavy (non-hydrogen) atoms. The maximum absolute atomic E-state index is 14.6. The summed E-state index contributed by atoms with van der Waals surface area (Å²) in [4.78, 5) is 28.1. The number of hydrogen-bond donors (Lipinski definition) is 1. The molecule has 0 aliphatic carbocycles. The van der Waals surface area contributed by atoms with Crippen molar-refractivity contribution in [3.05, 3.63) is 60.3 Å². The largest absolute Gasteiger partial charge is 0.339 e. The zero-order valence-electron chi connectivity index (χ0n) is 22.7. The van der Waals surface area contributed by atoms with E-state index in [2.05, 4.69) is 37.2 Å². The molecule has 3 aromatic heterocycles. The number of likely N-dealkylation sites (tertiary alicyclic amines) is 1. The van der Waals surface area contributed by atoms with Gasteiger partial charge in [-0.25, -0.2) is 18.7 Å². The van der Waals surface area contributed by atoms with Crippen LogP contribution in [0, 0.1) is 18.6 Å². The SMILES string of the molecule is Cc1cc(-c2cnc(Nc3cnn(C4CCN(CC(=O)N5CCN(C)CC5)CC4)c3)c3nccn23)c(F)cc1F. The Kier molecular flexibility index (Phi) is 7.20. The van der Waals surface area contributed by atoms with Gasteiger partial charge in [-0.1, -0.05) is 0 Å². The van der Waals surface area contributed by atoms with Crippen LogP contribution in [0.25, 0.3) is 16.9 Å². The number of likely N-dealkylation sites (N-methyl/N-ethyl adjacent to an activating group) is 1. The molecule has 2 fully saturated rings. The van der Waals surface area contributed by atoms with Gasteiger partial charge in [-0.15, -0.1) is 0 Å². The van der Waals surface area contributed by atoms with E-state index in [1.807, 2.05) is 15.8 Å². The Bertz CT molecular complexity index is 1520. The third kappa shape index (κ3) is 5.28. The van der Waals surface area contributed by atoms with Gasteiger partial charge < -0.3 is 15.1 Å². The van der Waals surface area contributed by atoms with Crippen LogP contribution >= 0.6 is 0 Å². The number of piperidine rings is 1. The van der Waals surface area contributed by atoms with Gasteiger partial charge in [0.1, 0.15) is 11.6 Å². The van der Waals surface area contributed by atoms with Crippen molar-refractivity contribution in [1.29, 1.82) is 0 Å². The van der Waals surface area contributed by atoms with Crippen LogP contribution < -0.4 is 5.32 Å². The minimum Gasteiger partial charge on any atom is -0.339 e. The number of halogens is 2. The lowest BCUT2D eigenvalue weighted by Gasteiger charge is -2.36. The first kappa shape index (κ1) is 26.3. The summed E-state index contributed by atoms with van der Waals surface area (Å²) in [6, 6.07) is 2.62. The molecule has 1 amide bonds. The summed E-state index contributed by atoms with van der Waals surface area (Å²) in [6.45, 7) is 7.26. The van der Waals surface area contributed by atoms with Crippen LogP contribution in [0.15, 0.2) is 43.1 Å². The van der Waals surface area contributed by atoms with E-state index in [1.165, 1.54) is 6.07 Å². The van der Waals surface area contributed by atoms with Gasteiger partial charge in [0.15, 0.2) is 11.5 Å². The molecule has 0 atom stereocenters. The highest BCUT2D eigenvalue weighted by atomic mass is 19.1. The van der Waals surface area contributed by atoms with Crippen molar-refractivity contribution >= 4 is 23.1 Å². The van der Waals surface area contributed by atoms with E-state index in [1.54, 1.807) is 36.1 Å². The molecule has 2 aliphatic heterocycles. The normalized spacial score (nSPS) is 17.6. The van der Waals surface area contributed by atoms with Gasteiger partial charge in [0, 0.05) is 69.5 Å². The second kappa shape index (κ2) is 10.9. The van der Waals surface area contributed by atoms with E-state index < -0.39 is 11.6 Å². The van der Waals surface area contributed by atoms with E-state index >= 15 is 0 Å². The van der Waals surface area contributed by atoms with E-state index in [0.29, 0.717) is 29.3 Å². The minimum absolute atomic E-state index is 0.221. The van der Waals surface area contributed by atoms with Crippen LogP contribution in [0.5, 0.6) is 0 Å². The van der Waals surface area contributed by atoms with Gasteiger partial charge in [0.2, 0.25) is 5.91 Å². The monoisotopic (exact) mass is 549 g/mol. The summed E-state index contributed by atoms with van der Waals surface area (Å²) < 4.78 is 32.1. The minimum atomic E-state index is -0.656. The number of nitrogens with one attached hydrogen (secondary N) is 1. The fourth-order valence-corrected chi connectivity index (χ4v) is 5.49. The number of fused-ring (bicyclic) bond motifs is 1. The molecule has 0 bridgehead atoms. The highest BCUT2D eigenvalue weighted by Crippen LogP contribution is 2.29. The predicted molar refractivity (Wildman–Crippen MR) is 147 cm³/mol. The van der Waals surface area contributed by atoms with Crippen molar-refractivity contribution in [1.82, 2.24) is 38.8 Å². The molecule has 6 rings (SSSR count). The smallest absolute Gasteiger partial charge is 0.236 e. The average molecular weight is 550 g/mol. The van der Waals surface area contributed by atoms with Crippen molar-refractivity contribution in [2.45, 2.75) is 25.8 Å². The van der Waals surface area contributed by atoms with Crippen LogP contribution in [-0.4, -0.2) is 97.6 Å². The average Bonchev–Trinajstić information content (AvgIpc) is 3.63. The second-order valence-corrected chi connectivity index (χ2v) is 10.7. The van der Waals surface area contributed by atoms with Crippen LogP contribution in [-0.2, 0) is 4.79 Å². The lowest BCUT2D eigenvalue weighted by atomic mass is 10.1. The number of benzene rings is 1. The zero-order valence-corrected chi connectivity index (χ0v) is 22.7. The van der Waals surface area contributed by atoms with Crippen molar-refractivity contribution in [3.63, 3.8) is 0 Å². The molecular weight excluding hydrogens is 516 g/mol. The Morgan fingerprint density at radius 2 is 1.80 bits per heavy atom. The van der Waals surface area contributed by atoms with E-state index in [0.717, 1.165) is 63.9 Å². The fraction of sp³-hybridized carbons (Fsp3) is 0.429. The summed E-state index contributed by atoms with van der Waals surface area (Å²) in [6.07, 6.45) is 10.4. The third-order valence-electron chi connectivity index (χ3n) is 7.96. The molecule has 0 saturated carbocycles. The van der Waals surface area contributed by atoms with Crippen molar-refractivity contribution in [2.24, 2.45) is 0 Å².